The lowest BCUT2D eigenvalue weighted by Gasteiger charge is -2.18. The van der Waals surface area contributed by atoms with E-state index < -0.39 is 6.10 Å². The van der Waals surface area contributed by atoms with Gasteiger partial charge >= 0.3 is 17.9 Å². The lowest BCUT2D eigenvalue weighted by atomic mass is 10.0. The van der Waals surface area contributed by atoms with Gasteiger partial charge in [0, 0.05) is 19.3 Å². The van der Waals surface area contributed by atoms with E-state index in [2.05, 4.69) is 45.1 Å². The molecule has 0 aliphatic carbocycles. The first-order valence-corrected chi connectivity index (χ1v) is 26.3. The van der Waals surface area contributed by atoms with Gasteiger partial charge in [-0.2, -0.15) is 0 Å². The van der Waals surface area contributed by atoms with Crippen molar-refractivity contribution in [2.24, 2.45) is 0 Å². The predicted molar refractivity (Wildman–Crippen MR) is 256 cm³/mol. The van der Waals surface area contributed by atoms with Crippen LogP contribution in [0.15, 0.2) is 24.3 Å². The molecule has 352 valence electrons. The Balaban J connectivity index is 4.27. The van der Waals surface area contributed by atoms with Gasteiger partial charge in [-0.25, -0.2) is 0 Å². The number of carbonyl (C=O) groups is 3. The second-order valence-corrected chi connectivity index (χ2v) is 17.8. The molecule has 0 bridgehead atoms. The number of hydrogen-bond donors (Lipinski definition) is 0. The average Bonchev–Trinajstić information content (AvgIpc) is 3.24. The van der Waals surface area contributed by atoms with Gasteiger partial charge in [0.25, 0.3) is 0 Å². The van der Waals surface area contributed by atoms with Crippen molar-refractivity contribution in [3.8, 4) is 0 Å². The minimum atomic E-state index is -0.769. The highest BCUT2D eigenvalue weighted by Crippen LogP contribution is 2.16. The van der Waals surface area contributed by atoms with Gasteiger partial charge in [0.1, 0.15) is 13.2 Å². The standard InChI is InChI=1S/C54H100O6/c1-4-7-10-13-16-19-22-24-25-26-27-28-29-31-32-35-38-41-44-47-53(56)59-50-51(49-58-52(55)46-43-40-37-34-21-18-15-12-9-6-3)60-54(57)48-45-42-39-36-33-30-23-20-17-14-11-8-5-2/h12,15,24-25,51H,4-11,13-14,16-23,26-50H2,1-3H3/b15-12-,25-24-. The van der Waals surface area contributed by atoms with Crippen molar-refractivity contribution in [2.45, 2.75) is 290 Å². The third-order valence-corrected chi connectivity index (χ3v) is 11.7. The largest absolute Gasteiger partial charge is 0.462 e. The molecule has 6 heteroatoms. The van der Waals surface area contributed by atoms with Crippen molar-refractivity contribution in [1.82, 2.24) is 0 Å². The van der Waals surface area contributed by atoms with Gasteiger partial charge in [-0.3, -0.25) is 14.4 Å². The Morgan fingerprint density at radius 1 is 0.317 bits per heavy atom. The van der Waals surface area contributed by atoms with E-state index in [-0.39, 0.29) is 31.1 Å². The van der Waals surface area contributed by atoms with Crippen molar-refractivity contribution >= 4 is 17.9 Å². The summed E-state index contributed by atoms with van der Waals surface area (Å²) in [4.78, 5) is 37.9. The third-order valence-electron chi connectivity index (χ3n) is 11.7. The van der Waals surface area contributed by atoms with Gasteiger partial charge in [-0.1, -0.05) is 225 Å². The maximum Gasteiger partial charge on any atom is 0.306 e. The van der Waals surface area contributed by atoms with Crippen LogP contribution in [0.2, 0.25) is 0 Å². The van der Waals surface area contributed by atoms with E-state index in [4.69, 9.17) is 14.2 Å². The highest BCUT2D eigenvalue weighted by molar-refractivity contribution is 5.71. The normalized spacial score (nSPS) is 12.1. The molecule has 0 radical (unpaired) electrons. The molecule has 0 N–H and O–H groups in total. The summed E-state index contributed by atoms with van der Waals surface area (Å²) < 4.78 is 16.8. The summed E-state index contributed by atoms with van der Waals surface area (Å²) in [5.41, 5.74) is 0. The van der Waals surface area contributed by atoms with Gasteiger partial charge in [0.15, 0.2) is 6.10 Å². The Kier molecular flexibility index (Phi) is 47.8. The molecular formula is C54H100O6. The van der Waals surface area contributed by atoms with Gasteiger partial charge in [0.2, 0.25) is 0 Å². The van der Waals surface area contributed by atoms with Crippen LogP contribution in [-0.2, 0) is 28.6 Å². The number of allylic oxidation sites excluding steroid dienone is 4. The van der Waals surface area contributed by atoms with Gasteiger partial charge < -0.3 is 14.2 Å². The van der Waals surface area contributed by atoms with E-state index in [0.29, 0.717) is 19.3 Å². The van der Waals surface area contributed by atoms with E-state index in [1.807, 2.05) is 0 Å². The van der Waals surface area contributed by atoms with Crippen LogP contribution in [0.3, 0.4) is 0 Å². The van der Waals surface area contributed by atoms with Crippen LogP contribution in [0.5, 0.6) is 0 Å². The minimum absolute atomic E-state index is 0.0714. The van der Waals surface area contributed by atoms with Crippen molar-refractivity contribution in [1.29, 1.82) is 0 Å². The van der Waals surface area contributed by atoms with Gasteiger partial charge in [-0.15, -0.1) is 0 Å². The third kappa shape index (κ3) is 46.9. The van der Waals surface area contributed by atoms with Crippen molar-refractivity contribution in [3.63, 3.8) is 0 Å². The summed E-state index contributed by atoms with van der Waals surface area (Å²) in [5.74, 6) is -0.872. The monoisotopic (exact) mass is 845 g/mol. The number of unbranched alkanes of at least 4 members (excludes halogenated alkanes) is 33. The van der Waals surface area contributed by atoms with E-state index >= 15 is 0 Å². The molecule has 0 amide bonds. The number of ether oxygens (including phenoxy) is 3. The first kappa shape index (κ1) is 57.9. The lowest BCUT2D eigenvalue weighted by Crippen LogP contribution is -2.30. The molecule has 0 aliphatic rings. The molecule has 1 atom stereocenters. The SMILES string of the molecule is CCC/C=C\CCCCCCCC(=O)OCC(COC(=O)CCCCCCCCCCC/C=C\CCCCCCCC)OC(=O)CCCCCCCCCCCCCCC. The predicted octanol–water partition coefficient (Wildman–Crippen LogP) is 17.2. The number of rotatable bonds is 48. The smallest absolute Gasteiger partial charge is 0.306 e. The molecular weight excluding hydrogens is 745 g/mol. The Bertz CT molecular complexity index is 973. The fourth-order valence-corrected chi connectivity index (χ4v) is 7.68. The van der Waals surface area contributed by atoms with E-state index in [1.165, 1.54) is 173 Å². The lowest BCUT2D eigenvalue weighted by molar-refractivity contribution is -0.167. The molecule has 0 saturated heterocycles. The maximum absolute atomic E-state index is 12.8. The van der Waals surface area contributed by atoms with E-state index in [9.17, 15) is 14.4 Å². The zero-order chi connectivity index (χ0) is 43.7. The van der Waals surface area contributed by atoms with Crippen LogP contribution in [-0.4, -0.2) is 37.2 Å². The number of esters is 3. The Morgan fingerprint density at radius 3 is 0.900 bits per heavy atom. The molecule has 0 heterocycles. The van der Waals surface area contributed by atoms with Crippen LogP contribution >= 0.6 is 0 Å². The molecule has 0 saturated carbocycles. The van der Waals surface area contributed by atoms with Crippen LogP contribution in [0, 0.1) is 0 Å². The zero-order valence-electron chi connectivity index (χ0n) is 40.2. The van der Waals surface area contributed by atoms with Gasteiger partial charge in [0.05, 0.1) is 0 Å². The number of hydrogen-bond acceptors (Lipinski definition) is 6. The van der Waals surface area contributed by atoms with E-state index in [1.54, 1.807) is 0 Å². The molecule has 0 aliphatic heterocycles. The summed E-state index contributed by atoms with van der Waals surface area (Å²) in [6.07, 6.45) is 55.9. The average molecular weight is 845 g/mol. The molecule has 0 aromatic carbocycles. The summed E-state index contributed by atoms with van der Waals surface area (Å²) in [5, 5.41) is 0. The van der Waals surface area contributed by atoms with Crippen molar-refractivity contribution in [2.75, 3.05) is 13.2 Å². The highest BCUT2D eigenvalue weighted by Gasteiger charge is 2.19. The molecule has 0 fully saturated rings. The fourth-order valence-electron chi connectivity index (χ4n) is 7.68. The maximum atomic E-state index is 12.8. The van der Waals surface area contributed by atoms with Crippen molar-refractivity contribution in [3.05, 3.63) is 24.3 Å². The summed E-state index contributed by atoms with van der Waals surface area (Å²) >= 11 is 0. The van der Waals surface area contributed by atoms with Crippen LogP contribution in [0.4, 0.5) is 0 Å². The highest BCUT2D eigenvalue weighted by atomic mass is 16.6. The molecule has 6 nitrogen and oxygen atoms in total. The van der Waals surface area contributed by atoms with Crippen LogP contribution in [0.1, 0.15) is 284 Å². The summed E-state index contributed by atoms with van der Waals surface area (Å²) in [6.45, 7) is 6.59. The van der Waals surface area contributed by atoms with Crippen molar-refractivity contribution < 1.29 is 28.6 Å². The van der Waals surface area contributed by atoms with Gasteiger partial charge in [-0.05, 0) is 64.2 Å². The molecule has 60 heavy (non-hydrogen) atoms. The number of carbonyl (C=O) groups excluding carboxylic acids is 3. The van der Waals surface area contributed by atoms with E-state index in [0.717, 1.165) is 70.6 Å². The second-order valence-electron chi connectivity index (χ2n) is 17.8. The fraction of sp³-hybridized carbons (Fsp3) is 0.870. The summed E-state index contributed by atoms with van der Waals surface area (Å²) in [7, 11) is 0. The minimum Gasteiger partial charge on any atom is -0.462 e. The quantitative estimate of drug-likeness (QED) is 0.0263. The Labute approximate surface area is 373 Å². The Morgan fingerprint density at radius 2 is 0.583 bits per heavy atom. The zero-order valence-corrected chi connectivity index (χ0v) is 40.2. The molecule has 0 aromatic heterocycles. The topological polar surface area (TPSA) is 78.9 Å². The molecule has 0 aromatic rings. The van der Waals surface area contributed by atoms with Crippen LogP contribution in [0.25, 0.3) is 0 Å². The summed E-state index contributed by atoms with van der Waals surface area (Å²) in [6, 6.07) is 0. The first-order valence-electron chi connectivity index (χ1n) is 26.3. The Hall–Kier alpha value is -2.11. The first-order chi connectivity index (χ1) is 29.5. The van der Waals surface area contributed by atoms with Crippen LogP contribution < -0.4 is 0 Å². The molecule has 0 spiro atoms. The second kappa shape index (κ2) is 49.5. The molecule has 0 rings (SSSR count). The molecule has 1 unspecified atom stereocenters.